The van der Waals surface area contributed by atoms with E-state index in [2.05, 4.69) is 14.7 Å². The predicted molar refractivity (Wildman–Crippen MR) is 24.6 cm³/mol. The van der Waals surface area contributed by atoms with E-state index < -0.39 is 29.7 Å². The third kappa shape index (κ3) is 0.677. The van der Waals surface area contributed by atoms with Gasteiger partial charge in [-0.2, -0.15) is 0 Å². The summed E-state index contributed by atoms with van der Waals surface area (Å²) in [6.07, 6.45) is -1.55. The molecule has 0 amide bonds. The molecule has 3 rings (SSSR count). The molecule has 0 unspecified atom stereocenters. The molecular weight excluding hydrogens is 227 g/mol. The summed E-state index contributed by atoms with van der Waals surface area (Å²) in [4.78, 5) is 9.83. The van der Waals surface area contributed by atoms with E-state index in [0.29, 0.717) is 0 Å². The van der Waals surface area contributed by atoms with Crippen molar-refractivity contribution in [1.82, 2.24) is 0 Å². The van der Waals surface area contributed by atoms with Gasteiger partial charge in [-0.25, -0.2) is 0 Å². The Hall–Kier alpha value is -0.275. The molecule has 0 atom stereocenters. The van der Waals surface area contributed by atoms with Crippen molar-refractivity contribution in [1.29, 1.82) is 0 Å². The van der Waals surface area contributed by atoms with Gasteiger partial charge < -0.3 is 0 Å². The van der Waals surface area contributed by atoms with Crippen LogP contribution in [0, 0.1) is 0 Å². The molecule has 3 saturated heterocycles. The van der Waals surface area contributed by atoms with Gasteiger partial charge in [0.1, 0.15) is 0 Å². The second-order valence-electron chi connectivity index (χ2n) is 1.59. The van der Waals surface area contributed by atoms with Crippen LogP contribution in [0.25, 0.3) is 0 Å². The number of carbonyl (C=O) groups is 1. The maximum atomic E-state index is 10.5. The van der Waals surface area contributed by atoms with Crippen molar-refractivity contribution in [3.8, 4) is 0 Å². The fraction of sp³-hybridized carbons (Fsp3) is 0. The first kappa shape index (κ1) is 6.44. The van der Waals surface area contributed by atoms with E-state index in [1.54, 1.807) is 0 Å². The van der Waals surface area contributed by atoms with Gasteiger partial charge in [-0.05, 0) is 0 Å². The maximum absolute atomic E-state index is 10.5. The Morgan fingerprint density at radius 3 is 2.30 bits per heavy atom. The predicted octanol–water partition coefficient (Wildman–Crippen LogP) is -0.940. The molecule has 0 spiro atoms. The summed E-state index contributed by atoms with van der Waals surface area (Å²) in [6, 6.07) is 0. The van der Waals surface area contributed by atoms with E-state index in [-0.39, 0.29) is 0 Å². The molecule has 0 aromatic carbocycles. The molecule has 0 aromatic heterocycles. The van der Waals surface area contributed by atoms with E-state index in [4.69, 9.17) is 5.11 Å². The van der Waals surface area contributed by atoms with Crippen molar-refractivity contribution in [2.24, 2.45) is 0 Å². The van der Waals surface area contributed by atoms with Crippen LogP contribution in [0.1, 0.15) is 0 Å². The standard InChI is InChI=1S/CHAsO7Si/c3-1(4)6-10-7-2(5,8-10)9-10/h(H,3,4). The summed E-state index contributed by atoms with van der Waals surface area (Å²) in [7, 11) is -3.32. The number of hydrogen-bond donors (Lipinski definition) is 1. The van der Waals surface area contributed by atoms with Crippen LogP contribution < -0.4 is 0 Å². The molecule has 3 aliphatic heterocycles. The summed E-state index contributed by atoms with van der Waals surface area (Å²) in [5.41, 5.74) is 0. The van der Waals surface area contributed by atoms with Gasteiger partial charge in [0, 0.05) is 0 Å². The molecule has 3 aliphatic rings. The van der Waals surface area contributed by atoms with Gasteiger partial charge in [0.25, 0.3) is 0 Å². The van der Waals surface area contributed by atoms with E-state index in [0.717, 1.165) is 0 Å². The molecule has 1 N–H and O–H groups in total. The average Bonchev–Trinajstić information content (AvgIpc) is 1.56. The number of hydrogen-bond acceptors (Lipinski definition) is 6. The average molecular weight is 228 g/mol. The molecule has 0 radical (unpaired) electrons. The van der Waals surface area contributed by atoms with Crippen molar-refractivity contribution in [3.05, 3.63) is 0 Å². The zero-order chi connectivity index (χ0) is 7.41. The van der Waals surface area contributed by atoms with E-state index in [1.807, 2.05) is 0 Å². The first-order valence-corrected chi connectivity index (χ1v) is 6.88. The Morgan fingerprint density at radius 1 is 1.50 bits per heavy atom. The normalized spacial score (nSPS) is 48.8. The summed E-state index contributed by atoms with van der Waals surface area (Å²) in [6.45, 7) is 0. The monoisotopic (exact) mass is 228 g/mol. The molecule has 7 nitrogen and oxygen atoms in total. The Labute approximate surface area is 58.7 Å². The van der Waals surface area contributed by atoms with E-state index in [9.17, 15) is 8.53 Å². The second kappa shape index (κ2) is 1.49. The third-order valence-electron chi connectivity index (χ3n) is 0.883. The zero-order valence-corrected chi connectivity index (χ0v) is 7.22. The number of rotatable bonds is 1. The topological polar surface area (TPSA) is 91.3 Å². The fourth-order valence-electron chi connectivity index (χ4n) is 0.594. The summed E-state index contributed by atoms with van der Waals surface area (Å²) >= 11 is -3.82. The van der Waals surface area contributed by atoms with Gasteiger partial charge in [-0.15, -0.1) is 0 Å². The molecule has 3 heterocycles. The molecule has 10 heavy (non-hydrogen) atoms. The van der Waals surface area contributed by atoms with Gasteiger partial charge in [0.2, 0.25) is 0 Å². The molecule has 3 fully saturated rings. The van der Waals surface area contributed by atoms with Crippen LogP contribution in [0.2, 0.25) is 0 Å². The van der Waals surface area contributed by atoms with Crippen molar-refractivity contribution in [2.75, 3.05) is 0 Å². The Morgan fingerprint density at radius 2 is 2.00 bits per heavy atom. The van der Waals surface area contributed by atoms with Gasteiger partial charge in [0.05, 0.1) is 0 Å². The molecule has 0 aromatic rings. The van der Waals surface area contributed by atoms with Crippen LogP contribution in [0.5, 0.6) is 0 Å². The van der Waals surface area contributed by atoms with Gasteiger partial charge in [-0.1, -0.05) is 0 Å². The van der Waals surface area contributed by atoms with Gasteiger partial charge in [-0.3, -0.25) is 0 Å². The van der Waals surface area contributed by atoms with Gasteiger partial charge >= 0.3 is 58.0 Å². The van der Waals surface area contributed by atoms with Crippen molar-refractivity contribution >= 4 is 29.7 Å². The van der Waals surface area contributed by atoms with E-state index >= 15 is 0 Å². The second-order valence-corrected chi connectivity index (χ2v) is 8.66. The van der Waals surface area contributed by atoms with Crippen LogP contribution in [-0.4, -0.2) is 34.8 Å². The molecular formula is CHAsO7Si. The third-order valence-corrected chi connectivity index (χ3v) is 11.1. The zero-order valence-electron chi connectivity index (χ0n) is 4.34. The van der Waals surface area contributed by atoms with Crippen molar-refractivity contribution < 1.29 is 28.3 Å². The SMILES string of the molecule is O=C(O)O[Si]12O[As](=O)(O1)O2. The van der Waals surface area contributed by atoms with Crippen molar-refractivity contribution in [3.63, 3.8) is 0 Å². The molecule has 56 valence electrons. The molecule has 2 bridgehead atoms. The van der Waals surface area contributed by atoms with Crippen LogP contribution >= 0.6 is 0 Å². The Bertz CT molecular complexity index is 219. The minimum atomic E-state index is -3.82. The Kier molecular flexibility index (Phi) is 0.956. The molecule has 0 saturated carbocycles. The van der Waals surface area contributed by atoms with Crippen LogP contribution in [0.15, 0.2) is 0 Å². The van der Waals surface area contributed by atoms with Crippen molar-refractivity contribution in [2.45, 2.75) is 0 Å². The van der Waals surface area contributed by atoms with Gasteiger partial charge in [0.15, 0.2) is 0 Å². The first-order valence-electron chi connectivity index (χ1n) is 2.18. The van der Waals surface area contributed by atoms with Crippen LogP contribution in [0.3, 0.4) is 0 Å². The van der Waals surface area contributed by atoms with Crippen LogP contribution in [0.4, 0.5) is 4.79 Å². The molecule has 0 aliphatic carbocycles. The fourth-order valence-corrected chi connectivity index (χ4v) is 7.92. The van der Waals surface area contributed by atoms with E-state index in [1.165, 1.54) is 0 Å². The first-order chi connectivity index (χ1) is 4.54. The van der Waals surface area contributed by atoms with Crippen LogP contribution in [-0.2, 0) is 18.4 Å². The summed E-state index contributed by atoms with van der Waals surface area (Å²) in [5, 5.41) is 8.01. The quantitative estimate of drug-likeness (QED) is 0.579. The Balaban J connectivity index is 1.99. The molecule has 9 heteroatoms. The number of carboxylic acid groups (broad SMARTS) is 1. The minimum absolute atomic E-state index is 1.55. The summed E-state index contributed by atoms with van der Waals surface area (Å²) < 4.78 is 27.8. The summed E-state index contributed by atoms with van der Waals surface area (Å²) in [5.74, 6) is 0.